The molecule has 0 heterocycles. The number of hydrogen-bond donors (Lipinski definition) is 1. The topological polar surface area (TPSA) is 61.3 Å². The normalized spacial score (nSPS) is 10.8. The van der Waals surface area contributed by atoms with Crippen LogP contribution in [0.1, 0.15) is 29.2 Å². The molecule has 1 N–H and O–H groups in total. The van der Waals surface area contributed by atoms with Crippen LogP contribution in [0.3, 0.4) is 0 Å². The maximum absolute atomic E-state index is 6.07. The lowest BCUT2D eigenvalue weighted by Crippen LogP contribution is -2.06. The number of aryl methyl sites for hydroxylation is 1. The zero-order chi connectivity index (χ0) is 23.6. The van der Waals surface area contributed by atoms with Gasteiger partial charge in [-0.15, -0.1) is 0 Å². The van der Waals surface area contributed by atoms with Crippen LogP contribution in [0.2, 0.25) is 0 Å². The lowest BCUT2D eigenvalue weighted by molar-refractivity contribution is 0.267. The first-order valence-corrected chi connectivity index (χ1v) is 11.4. The van der Waals surface area contributed by atoms with Crippen molar-refractivity contribution in [2.24, 2.45) is 5.10 Å². The van der Waals surface area contributed by atoms with Gasteiger partial charge in [0, 0.05) is 0 Å². The highest BCUT2D eigenvalue weighted by atomic mass is 79.9. The van der Waals surface area contributed by atoms with Crippen LogP contribution in [0, 0.1) is 6.92 Å². The van der Waals surface area contributed by atoms with E-state index in [1.54, 1.807) is 20.4 Å². The van der Waals surface area contributed by atoms with Crippen molar-refractivity contribution >= 4 is 22.1 Å². The number of nitrogens with one attached hydrogen (secondary N) is 1. The van der Waals surface area contributed by atoms with Crippen molar-refractivity contribution in [1.82, 2.24) is 5.43 Å². The molecule has 0 saturated carbocycles. The first kappa shape index (κ1) is 24.5. The SMILES string of the molecule is CCOc1cc(/C=N/NCc2ccc(OC)c(OC)c2)cc(Br)c1OCc1ccc(C)cc1. The minimum atomic E-state index is 0.458. The Morgan fingerprint density at radius 1 is 0.879 bits per heavy atom. The van der Waals surface area contributed by atoms with Crippen LogP contribution in [0.5, 0.6) is 23.0 Å². The summed E-state index contributed by atoms with van der Waals surface area (Å²) in [7, 11) is 3.24. The van der Waals surface area contributed by atoms with Crippen LogP contribution in [0.25, 0.3) is 0 Å². The van der Waals surface area contributed by atoms with Gasteiger partial charge in [-0.3, -0.25) is 0 Å². The van der Waals surface area contributed by atoms with Crippen molar-refractivity contribution in [2.45, 2.75) is 27.0 Å². The number of nitrogens with zero attached hydrogens (tertiary/aromatic N) is 1. The fourth-order valence-electron chi connectivity index (χ4n) is 3.15. The molecule has 3 aromatic carbocycles. The predicted molar refractivity (Wildman–Crippen MR) is 135 cm³/mol. The van der Waals surface area contributed by atoms with E-state index in [2.05, 4.69) is 57.6 Å². The van der Waals surface area contributed by atoms with Gasteiger partial charge in [0.15, 0.2) is 23.0 Å². The van der Waals surface area contributed by atoms with E-state index >= 15 is 0 Å². The van der Waals surface area contributed by atoms with Gasteiger partial charge in [-0.05, 0) is 70.7 Å². The molecule has 0 spiro atoms. The zero-order valence-electron chi connectivity index (χ0n) is 19.4. The molecule has 0 aliphatic carbocycles. The molecule has 0 radical (unpaired) electrons. The van der Waals surface area contributed by atoms with Crippen LogP contribution in [-0.2, 0) is 13.2 Å². The molecule has 0 aliphatic heterocycles. The molecule has 0 bridgehead atoms. The first-order valence-electron chi connectivity index (χ1n) is 10.7. The van der Waals surface area contributed by atoms with Crippen LogP contribution < -0.4 is 24.4 Å². The van der Waals surface area contributed by atoms with Crippen molar-refractivity contribution < 1.29 is 18.9 Å². The molecule has 0 unspecified atom stereocenters. The second-order valence-corrected chi connectivity index (χ2v) is 8.17. The standard InChI is InChI=1S/C26H29BrN2O4/c1-5-32-25-14-21(12-22(27)26(25)33-17-19-8-6-18(2)7-9-19)16-29-28-15-20-10-11-23(30-3)24(13-20)31-4/h6-14,16,28H,5,15,17H2,1-4H3/b29-16+. The molecule has 6 nitrogen and oxygen atoms in total. The van der Waals surface area contributed by atoms with E-state index in [-0.39, 0.29) is 0 Å². The van der Waals surface area contributed by atoms with Gasteiger partial charge >= 0.3 is 0 Å². The van der Waals surface area contributed by atoms with Gasteiger partial charge in [-0.1, -0.05) is 35.9 Å². The Labute approximate surface area is 203 Å². The summed E-state index contributed by atoms with van der Waals surface area (Å²) in [6, 6.07) is 17.9. The van der Waals surface area contributed by atoms with Crippen LogP contribution in [0.4, 0.5) is 0 Å². The third-order valence-corrected chi connectivity index (χ3v) is 5.46. The highest BCUT2D eigenvalue weighted by Gasteiger charge is 2.12. The third-order valence-electron chi connectivity index (χ3n) is 4.87. The van der Waals surface area contributed by atoms with E-state index < -0.39 is 0 Å². The monoisotopic (exact) mass is 512 g/mol. The Kier molecular flexibility index (Phi) is 9.01. The van der Waals surface area contributed by atoms with Crippen molar-refractivity contribution in [2.75, 3.05) is 20.8 Å². The van der Waals surface area contributed by atoms with Gasteiger partial charge in [0.25, 0.3) is 0 Å². The summed E-state index contributed by atoms with van der Waals surface area (Å²) in [6.45, 7) is 5.55. The summed E-state index contributed by atoms with van der Waals surface area (Å²) in [5, 5.41) is 4.34. The van der Waals surface area contributed by atoms with E-state index in [9.17, 15) is 0 Å². The summed E-state index contributed by atoms with van der Waals surface area (Å²) in [5.74, 6) is 2.73. The van der Waals surface area contributed by atoms with Crippen LogP contribution in [0.15, 0.2) is 64.2 Å². The molecule has 7 heteroatoms. The molecular weight excluding hydrogens is 484 g/mol. The van der Waals surface area contributed by atoms with E-state index in [0.29, 0.717) is 42.8 Å². The second kappa shape index (κ2) is 12.2. The molecule has 0 aliphatic rings. The smallest absolute Gasteiger partial charge is 0.175 e. The number of rotatable bonds is 11. The minimum Gasteiger partial charge on any atom is -0.493 e. The van der Waals surface area contributed by atoms with Gasteiger partial charge < -0.3 is 24.4 Å². The third kappa shape index (κ3) is 6.89. The fourth-order valence-corrected chi connectivity index (χ4v) is 3.73. The van der Waals surface area contributed by atoms with E-state index in [1.807, 2.05) is 37.3 Å². The summed E-state index contributed by atoms with van der Waals surface area (Å²) >= 11 is 3.62. The molecule has 0 saturated heterocycles. The van der Waals surface area contributed by atoms with Gasteiger partial charge in [0.1, 0.15) is 6.61 Å². The Morgan fingerprint density at radius 3 is 2.30 bits per heavy atom. The van der Waals surface area contributed by atoms with E-state index in [0.717, 1.165) is 21.2 Å². The molecule has 33 heavy (non-hydrogen) atoms. The average Bonchev–Trinajstić information content (AvgIpc) is 2.82. The Hall–Kier alpha value is -3.19. The second-order valence-electron chi connectivity index (χ2n) is 7.32. The Bertz CT molecular complexity index is 1080. The molecule has 0 amide bonds. The average molecular weight is 513 g/mol. The van der Waals surface area contributed by atoms with Gasteiger partial charge in [-0.2, -0.15) is 5.10 Å². The molecule has 174 valence electrons. The molecular formula is C26H29BrN2O4. The van der Waals surface area contributed by atoms with Gasteiger partial charge in [0.05, 0.1) is 38.1 Å². The largest absolute Gasteiger partial charge is 0.493 e. The number of hydrazone groups is 1. The summed E-state index contributed by atoms with van der Waals surface area (Å²) < 4.78 is 23.3. The van der Waals surface area contributed by atoms with Crippen molar-refractivity contribution in [1.29, 1.82) is 0 Å². The highest BCUT2D eigenvalue weighted by molar-refractivity contribution is 9.10. The summed E-state index contributed by atoms with van der Waals surface area (Å²) in [5.41, 5.74) is 7.29. The quantitative estimate of drug-likeness (QED) is 0.257. The summed E-state index contributed by atoms with van der Waals surface area (Å²) in [6.07, 6.45) is 1.75. The minimum absolute atomic E-state index is 0.458. The Balaban J connectivity index is 1.66. The molecule has 0 atom stereocenters. The number of hydrogen-bond acceptors (Lipinski definition) is 6. The summed E-state index contributed by atoms with van der Waals surface area (Å²) in [4.78, 5) is 0. The Morgan fingerprint density at radius 2 is 1.61 bits per heavy atom. The van der Waals surface area contributed by atoms with E-state index in [1.165, 1.54) is 5.56 Å². The van der Waals surface area contributed by atoms with Crippen molar-refractivity contribution in [3.05, 3.63) is 81.3 Å². The zero-order valence-corrected chi connectivity index (χ0v) is 20.9. The number of halogens is 1. The van der Waals surface area contributed by atoms with E-state index in [4.69, 9.17) is 18.9 Å². The maximum Gasteiger partial charge on any atom is 0.175 e. The maximum atomic E-state index is 6.07. The first-order chi connectivity index (χ1) is 16.0. The number of ether oxygens (including phenoxy) is 4. The van der Waals surface area contributed by atoms with Crippen molar-refractivity contribution in [3.8, 4) is 23.0 Å². The molecule has 3 aromatic rings. The molecule has 3 rings (SSSR count). The molecule has 0 fully saturated rings. The fraction of sp³-hybridized carbons (Fsp3) is 0.269. The predicted octanol–water partition coefficient (Wildman–Crippen LogP) is 5.88. The van der Waals surface area contributed by atoms with Crippen LogP contribution >= 0.6 is 15.9 Å². The number of methoxy groups -OCH3 is 2. The van der Waals surface area contributed by atoms with Gasteiger partial charge in [-0.25, -0.2) is 0 Å². The molecule has 0 aromatic heterocycles. The lowest BCUT2D eigenvalue weighted by atomic mass is 10.1. The number of benzene rings is 3. The van der Waals surface area contributed by atoms with Crippen molar-refractivity contribution in [3.63, 3.8) is 0 Å². The van der Waals surface area contributed by atoms with Crippen LogP contribution in [-0.4, -0.2) is 27.0 Å². The lowest BCUT2D eigenvalue weighted by Gasteiger charge is -2.15. The highest BCUT2D eigenvalue weighted by Crippen LogP contribution is 2.37. The van der Waals surface area contributed by atoms with Gasteiger partial charge in [0.2, 0.25) is 0 Å².